The van der Waals surface area contributed by atoms with Crippen molar-refractivity contribution in [1.29, 1.82) is 0 Å². The van der Waals surface area contributed by atoms with E-state index >= 15 is 0 Å². The second-order valence-electron chi connectivity index (χ2n) is 5.64. The van der Waals surface area contributed by atoms with Gasteiger partial charge in [-0.05, 0) is 56.3 Å². The van der Waals surface area contributed by atoms with E-state index in [4.69, 9.17) is 23.2 Å². The molecule has 1 aromatic rings. The van der Waals surface area contributed by atoms with Crippen molar-refractivity contribution in [2.24, 2.45) is 0 Å². The van der Waals surface area contributed by atoms with Crippen molar-refractivity contribution < 1.29 is 0 Å². The molecule has 0 aliphatic carbocycles. The molecule has 3 rings (SSSR count). The standard InChI is InChI=1S/C14H18Cl2N2S/c1-9(2)18-5-3-14(4-6-18)11-7-10(15)8-12(16)13(11)17-19-14/h7-9,17H,3-6H2,1-2H3. The van der Waals surface area contributed by atoms with Gasteiger partial charge in [0.1, 0.15) is 0 Å². The van der Waals surface area contributed by atoms with E-state index < -0.39 is 0 Å². The zero-order valence-electron chi connectivity index (χ0n) is 11.2. The van der Waals surface area contributed by atoms with Gasteiger partial charge in [-0.3, -0.25) is 0 Å². The van der Waals surface area contributed by atoms with E-state index in [9.17, 15) is 0 Å². The minimum atomic E-state index is 0.148. The predicted molar refractivity (Wildman–Crippen MR) is 85.3 cm³/mol. The Kier molecular flexibility index (Phi) is 3.67. The highest BCUT2D eigenvalue weighted by atomic mass is 35.5. The lowest BCUT2D eigenvalue weighted by atomic mass is 9.87. The van der Waals surface area contributed by atoms with Gasteiger partial charge in [0.25, 0.3) is 0 Å². The smallest absolute Gasteiger partial charge is 0.0677 e. The molecule has 1 spiro atoms. The van der Waals surface area contributed by atoms with E-state index in [1.165, 1.54) is 5.56 Å². The summed E-state index contributed by atoms with van der Waals surface area (Å²) in [6.45, 7) is 6.80. The van der Waals surface area contributed by atoms with Gasteiger partial charge >= 0.3 is 0 Å². The average molecular weight is 317 g/mol. The molecule has 2 nitrogen and oxygen atoms in total. The molecule has 19 heavy (non-hydrogen) atoms. The number of piperidine rings is 1. The molecule has 0 saturated carbocycles. The quantitative estimate of drug-likeness (QED) is 0.751. The number of halogens is 2. The highest BCUT2D eigenvalue weighted by molar-refractivity contribution is 8.01. The summed E-state index contributed by atoms with van der Waals surface area (Å²) in [4.78, 5) is 2.54. The fraction of sp³-hybridized carbons (Fsp3) is 0.571. The first kappa shape index (κ1) is 13.9. The number of nitrogens with one attached hydrogen (secondary N) is 1. The van der Waals surface area contributed by atoms with Crippen LogP contribution in [0.15, 0.2) is 12.1 Å². The maximum Gasteiger partial charge on any atom is 0.0677 e. The lowest BCUT2D eigenvalue weighted by Crippen LogP contribution is -2.43. The normalized spacial score (nSPS) is 21.7. The lowest BCUT2D eigenvalue weighted by Gasteiger charge is -2.40. The van der Waals surface area contributed by atoms with E-state index in [0.29, 0.717) is 6.04 Å². The summed E-state index contributed by atoms with van der Waals surface area (Å²) in [5.41, 5.74) is 2.35. The van der Waals surface area contributed by atoms with Crippen LogP contribution in [0.4, 0.5) is 5.69 Å². The zero-order chi connectivity index (χ0) is 13.6. The van der Waals surface area contributed by atoms with Crippen molar-refractivity contribution >= 4 is 40.8 Å². The topological polar surface area (TPSA) is 15.3 Å². The zero-order valence-corrected chi connectivity index (χ0v) is 13.5. The van der Waals surface area contributed by atoms with Gasteiger partial charge in [0, 0.05) is 24.2 Å². The number of hydrogen-bond donors (Lipinski definition) is 1. The van der Waals surface area contributed by atoms with Crippen LogP contribution in [0, 0.1) is 0 Å². The summed E-state index contributed by atoms with van der Waals surface area (Å²) in [7, 11) is 0. The summed E-state index contributed by atoms with van der Waals surface area (Å²) in [5.74, 6) is 0. The molecule has 2 heterocycles. The number of anilines is 1. The van der Waals surface area contributed by atoms with Crippen LogP contribution >= 0.6 is 35.1 Å². The first-order chi connectivity index (χ1) is 9.02. The molecule has 0 radical (unpaired) electrons. The molecule has 0 atom stereocenters. The number of likely N-dealkylation sites (tertiary alicyclic amines) is 1. The van der Waals surface area contributed by atoms with Crippen LogP contribution in [0.25, 0.3) is 0 Å². The third-order valence-corrected chi connectivity index (χ3v) is 6.07. The summed E-state index contributed by atoms with van der Waals surface area (Å²) in [6, 6.07) is 4.53. The van der Waals surface area contributed by atoms with E-state index in [0.717, 1.165) is 41.7 Å². The largest absolute Gasteiger partial charge is 0.327 e. The maximum atomic E-state index is 6.29. The van der Waals surface area contributed by atoms with Crippen LogP contribution in [0.3, 0.4) is 0 Å². The molecule has 0 unspecified atom stereocenters. The van der Waals surface area contributed by atoms with Crippen LogP contribution in [-0.4, -0.2) is 24.0 Å². The number of rotatable bonds is 1. The minimum absolute atomic E-state index is 0.148. The second kappa shape index (κ2) is 5.03. The van der Waals surface area contributed by atoms with Crippen LogP contribution in [0.5, 0.6) is 0 Å². The monoisotopic (exact) mass is 316 g/mol. The van der Waals surface area contributed by atoms with E-state index in [2.05, 4.69) is 29.5 Å². The first-order valence-corrected chi connectivity index (χ1v) is 8.27. The first-order valence-electron chi connectivity index (χ1n) is 6.69. The van der Waals surface area contributed by atoms with Crippen molar-refractivity contribution in [3.63, 3.8) is 0 Å². The average Bonchev–Trinajstić information content (AvgIpc) is 2.69. The third-order valence-electron chi connectivity index (χ3n) is 4.23. The number of hydrogen-bond acceptors (Lipinski definition) is 3. The molecule has 1 N–H and O–H groups in total. The maximum absolute atomic E-state index is 6.29. The van der Waals surface area contributed by atoms with Gasteiger partial charge in [-0.2, -0.15) is 0 Å². The number of fused-ring (bicyclic) bond motifs is 2. The van der Waals surface area contributed by atoms with Crippen molar-refractivity contribution in [2.75, 3.05) is 17.8 Å². The Bertz CT molecular complexity index is 496. The molecule has 0 bridgehead atoms. The molecule has 2 aliphatic heterocycles. The second-order valence-corrected chi connectivity index (χ2v) is 7.67. The Hall–Kier alpha value is -0.0900. The molecule has 0 aromatic heterocycles. The van der Waals surface area contributed by atoms with Crippen LogP contribution < -0.4 is 4.72 Å². The van der Waals surface area contributed by atoms with Gasteiger partial charge in [-0.1, -0.05) is 23.2 Å². The van der Waals surface area contributed by atoms with Crippen molar-refractivity contribution in [1.82, 2.24) is 4.90 Å². The van der Waals surface area contributed by atoms with Gasteiger partial charge in [-0.15, -0.1) is 0 Å². The molecular formula is C14H18Cl2N2S. The highest BCUT2D eigenvalue weighted by Gasteiger charge is 2.43. The van der Waals surface area contributed by atoms with Gasteiger partial charge in [0.05, 0.1) is 15.5 Å². The van der Waals surface area contributed by atoms with Crippen molar-refractivity contribution in [3.05, 3.63) is 27.7 Å². The number of benzene rings is 1. The van der Waals surface area contributed by atoms with Gasteiger partial charge in [0.2, 0.25) is 0 Å². The molecule has 1 aromatic carbocycles. The molecule has 5 heteroatoms. The summed E-state index contributed by atoms with van der Waals surface area (Å²) in [6.07, 6.45) is 2.29. The Morgan fingerprint density at radius 3 is 2.58 bits per heavy atom. The molecule has 0 amide bonds. The fourth-order valence-electron chi connectivity index (χ4n) is 3.01. The minimum Gasteiger partial charge on any atom is -0.327 e. The Balaban J connectivity index is 1.90. The molecular weight excluding hydrogens is 299 g/mol. The van der Waals surface area contributed by atoms with E-state index in [1.54, 1.807) is 0 Å². The Morgan fingerprint density at radius 1 is 1.26 bits per heavy atom. The lowest BCUT2D eigenvalue weighted by molar-refractivity contribution is 0.163. The number of nitrogens with zero attached hydrogens (tertiary/aromatic N) is 1. The van der Waals surface area contributed by atoms with Crippen molar-refractivity contribution in [2.45, 2.75) is 37.5 Å². The van der Waals surface area contributed by atoms with E-state index in [-0.39, 0.29) is 4.75 Å². The summed E-state index contributed by atoms with van der Waals surface area (Å²) < 4.78 is 3.56. The molecule has 1 fully saturated rings. The van der Waals surface area contributed by atoms with Crippen LogP contribution in [-0.2, 0) is 4.75 Å². The third kappa shape index (κ3) is 2.35. The fourth-order valence-corrected chi connectivity index (χ4v) is 4.79. The Morgan fingerprint density at radius 2 is 1.95 bits per heavy atom. The molecule has 1 saturated heterocycles. The molecule has 2 aliphatic rings. The van der Waals surface area contributed by atoms with Gasteiger partial charge < -0.3 is 9.62 Å². The molecule has 104 valence electrons. The Labute approximate surface area is 129 Å². The van der Waals surface area contributed by atoms with Gasteiger partial charge in [-0.25, -0.2) is 0 Å². The highest BCUT2D eigenvalue weighted by Crippen LogP contribution is 2.55. The van der Waals surface area contributed by atoms with Gasteiger partial charge in [0.15, 0.2) is 0 Å². The van der Waals surface area contributed by atoms with Crippen molar-refractivity contribution in [3.8, 4) is 0 Å². The van der Waals surface area contributed by atoms with Crippen LogP contribution in [0.1, 0.15) is 32.3 Å². The summed E-state index contributed by atoms with van der Waals surface area (Å²) >= 11 is 14.3. The van der Waals surface area contributed by atoms with E-state index in [1.807, 2.05) is 18.0 Å². The predicted octanol–water partition coefficient (Wildman–Crippen LogP) is 4.77. The summed E-state index contributed by atoms with van der Waals surface area (Å²) in [5, 5.41) is 1.47. The van der Waals surface area contributed by atoms with Crippen LogP contribution in [0.2, 0.25) is 10.0 Å². The SMILES string of the molecule is CC(C)N1CCC2(CC1)SNc1c(Cl)cc(Cl)cc12.